The van der Waals surface area contributed by atoms with E-state index in [1.807, 2.05) is 43.3 Å². The number of allylic oxidation sites excluding steroid dienone is 2. The molecule has 0 N–H and O–H groups in total. The van der Waals surface area contributed by atoms with Gasteiger partial charge in [0, 0.05) is 10.8 Å². The van der Waals surface area contributed by atoms with Crippen LogP contribution in [0.15, 0.2) is 46.9 Å². The highest BCUT2D eigenvalue weighted by Crippen LogP contribution is 2.35. The zero-order chi connectivity index (χ0) is 14.5. The third-order valence-corrected chi connectivity index (χ3v) is 4.53. The Morgan fingerprint density at radius 1 is 1.20 bits per heavy atom. The highest BCUT2D eigenvalue weighted by Gasteiger charge is 2.36. The standard InChI is InChI=1S/C16H18O3S/c1-11-8-9-13(14(10-11)15(17)19-2)16(18)20-12-6-4-3-5-7-12/h3-8,13-14H,9-10H2,1-2H3/t13-,14-/m0/s1. The van der Waals surface area contributed by atoms with Crippen molar-refractivity contribution in [1.29, 1.82) is 0 Å². The first-order valence-electron chi connectivity index (χ1n) is 6.62. The van der Waals surface area contributed by atoms with Gasteiger partial charge in [-0.2, -0.15) is 0 Å². The number of esters is 1. The lowest BCUT2D eigenvalue weighted by Gasteiger charge is -2.27. The van der Waals surface area contributed by atoms with Crippen LogP contribution >= 0.6 is 11.8 Å². The number of carbonyl (C=O) groups excluding carboxylic acids is 2. The Balaban J connectivity index is 2.12. The average Bonchev–Trinajstić information content (AvgIpc) is 2.47. The largest absolute Gasteiger partial charge is 0.469 e. The molecule has 1 aliphatic carbocycles. The Kier molecular flexibility index (Phi) is 5.01. The van der Waals surface area contributed by atoms with Crippen molar-refractivity contribution in [2.75, 3.05) is 7.11 Å². The molecule has 0 saturated carbocycles. The SMILES string of the molecule is COC(=O)[C@H]1CC(C)=CC[C@@H]1C(=O)Sc1ccccc1. The van der Waals surface area contributed by atoms with Crippen molar-refractivity contribution < 1.29 is 14.3 Å². The van der Waals surface area contributed by atoms with Crippen LogP contribution in [0.3, 0.4) is 0 Å². The van der Waals surface area contributed by atoms with E-state index in [2.05, 4.69) is 0 Å². The quantitative estimate of drug-likeness (QED) is 0.486. The fourth-order valence-electron chi connectivity index (χ4n) is 2.40. The van der Waals surface area contributed by atoms with E-state index < -0.39 is 0 Å². The average molecular weight is 290 g/mol. The molecule has 1 aromatic rings. The van der Waals surface area contributed by atoms with Gasteiger partial charge in [0.2, 0.25) is 0 Å². The first kappa shape index (κ1) is 14.9. The highest BCUT2D eigenvalue weighted by molar-refractivity contribution is 8.13. The molecule has 0 bridgehead atoms. The number of carbonyl (C=O) groups is 2. The van der Waals surface area contributed by atoms with Gasteiger partial charge in [-0.3, -0.25) is 9.59 Å². The summed E-state index contributed by atoms with van der Waals surface area (Å²) in [6, 6.07) is 9.52. The molecule has 1 aliphatic rings. The van der Waals surface area contributed by atoms with Crippen LogP contribution < -0.4 is 0 Å². The van der Waals surface area contributed by atoms with Crippen LogP contribution in [0, 0.1) is 11.8 Å². The molecule has 0 radical (unpaired) electrons. The monoisotopic (exact) mass is 290 g/mol. The van der Waals surface area contributed by atoms with Crippen LogP contribution in [0.2, 0.25) is 0 Å². The van der Waals surface area contributed by atoms with Gasteiger partial charge < -0.3 is 4.74 Å². The van der Waals surface area contributed by atoms with Crippen LogP contribution in [-0.4, -0.2) is 18.2 Å². The molecular weight excluding hydrogens is 272 g/mol. The van der Waals surface area contributed by atoms with Crippen molar-refractivity contribution in [3.05, 3.63) is 42.0 Å². The van der Waals surface area contributed by atoms with Crippen LogP contribution in [0.1, 0.15) is 19.8 Å². The lowest BCUT2D eigenvalue weighted by atomic mass is 9.80. The summed E-state index contributed by atoms with van der Waals surface area (Å²) in [4.78, 5) is 25.2. The maximum atomic E-state index is 12.4. The van der Waals surface area contributed by atoms with Gasteiger partial charge in [0.15, 0.2) is 5.12 Å². The summed E-state index contributed by atoms with van der Waals surface area (Å²) in [5.41, 5.74) is 1.15. The first-order valence-corrected chi connectivity index (χ1v) is 7.43. The second-order valence-electron chi connectivity index (χ2n) is 4.96. The molecule has 0 saturated heterocycles. The Bertz CT molecular complexity index is 522. The fraction of sp³-hybridized carbons (Fsp3) is 0.375. The van der Waals surface area contributed by atoms with E-state index in [0.717, 1.165) is 10.5 Å². The molecular formula is C16H18O3S. The molecule has 0 aromatic heterocycles. The van der Waals surface area contributed by atoms with Crippen molar-refractivity contribution >= 4 is 22.8 Å². The summed E-state index contributed by atoms with van der Waals surface area (Å²) < 4.78 is 4.84. The summed E-state index contributed by atoms with van der Waals surface area (Å²) in [5.74, 6) is -0.936. The van der Waals surface area contributed by atoms with E-state index in [1.54, 1.807) is 0 Å². The zero-order valence-corrected chi connectivity index (χ0v) is 12.5. The molecule has 3 nitrogen and oxygen atoms in total. The van der Waals surface area contributed by atoms with Crippen LogP contribution in [0.5, 0.6) is 0 Å². The summed E-state index contributed by atoms with van der Waals surface area (Å²) in [6.07, 6.45) is 3.27. The van der Waals surface area contributed by atoms with Gasteiger partial charge in [0.05, 0.1) is 13.0 Å². The van der Waals surface area contributed by atoms with E-state index >= 15 is 0 Å². The minimum Gasteiger partial charge on any atom is -0.469 e. The van der Waals surface area contributed by atoms with Gasteiger partial charge in [-0.15, -0.1) is 0 Å². The predicted octanol–water partition coefficient (Wildman–Crippen LogP) is 3.45. The zero-order valence-electron chi connectivity index (χ0n) is 11.7. The van der Waals surface area contributed by atoms with E-state index in [4.69, 9.17) is 4.74 Å². The number of methoxy groups -OCH3 is 1. The maximum absolute atomic E-state index is 12.4. The minimum absolute atomic E-state index is 0.0374. The molecule has 2 rings (SSSR count). The van der Waals surface area contributed by atoms with Crippen LogP contribution in [0.25, 0.3) is 0 Å². The Morgan fingerprint density at radius 3 is 2.55 bits per heavy atom. The fourth-order valence-corrected chi connectivity index (χ4v) is 3.34. The molecule has 1 aromatic carbocycles. The van der Waals surface area contributed by atoms with Crippen molar-refractivity contribution in [3.8, 4) is 0 Å². The summed E-state index contributed by atoms with van der Waals surface area (Å²) in [6.45, 7) is 1.99. The third kappa shape index (κ3) is 3.51. The summed E-state index contributed by atoms with van der Waals surface area (Å²) in [7, 11) is 1.38. The number of thioether (sulfide) groups is 1. The van der Waals surface area contributed by atoms with Crippen LogP contribution in [0.4, 0.5) is 0 Å². The van der Waals surface area contributed by atoms with Crippen molar-refractivity contribution in [1.82, 2.24) is 0 Å². The minimum atomic E-state index is -0.353. The van der Waals surface area contributed by atoms with E-state index in [1.165, 1.54) is 18.9 Å². The van der Waals surface area contributed by atoms with Gasteiger partial charge in [0.1, 0.15) is 0 Å². The molecule has 0 amide bonds. The molecule has 4 heteroatoms. The Morgan fingerprint density at radius 2 is 1.90 bits per heavy atom. The van der Waals surface area contributed by atoms with Gasteiger partial charge >= 0.3 is 5.97 Å². The van der Waals surface area contributed by atoms with E-state index in [-0.39, 0.29) is 22.9 Å². The Hall–Kier alpha value is -1.55. The van der Waals surface area contributed by atoms with Crippen molar-refractivity contribution in [2.24, 2.45) is 11.8 Å². The molecule has 2 atom stereocenters. The lowest BCUT2D eigenvalue weighted by molar-refractivity contribution is -0.149. The van der Waals surface area contributed by atoms with Gasteiger partial charge in [-0.1, -0.05) is 41.6 Å². The second-order valence-corrected chi connectivity index (χ2v) is 6.04. The molecule has 0 heterocycles. The second kappa shape index (κ2) is 6.75. The van der Waals surface area contributed by atoms with Crippen LogP contribution in [-0.2, 0) is 14.3 Å². The Labute approximate surface area is 123 Å². The number of benzene rings is 1. The number of rotatable bonds is 3. The van der Waals surface area contributed by atoms with E-state index in [9.17, 15) is 9.59 Å². The number of hydrogen-bond donors (Lipinski definition) is 0. The molecule has 0 spiro atoms. The highest BCUT2D eigenvalue weighted by atomic mass is 32.2. The smallest absolute Gasteiger partial charge is 0.309 e. The van der Waals surface area contributed by atoms with Crippen molar-refractivity contribution in [2.45, 2.75) is 24.7 Å². The molecule has 0 aliphatic heterocycles. The van der Waals surface area contributed by atoms with Gasteiger partial charge in [-0.05, 0) is 31.9 Å². The molecule has 20 heavy (non-hydrogen) atoms. The normalized spacial score (nSPS) is 22.0. The first-order chi connectivity index (χ1) is 9.61. The van der Waals surface area contributed by atoms with Gasteiger partial charge in [-0.25, -0.2) is 0 Å². The topological polar surface area (TPSA) is 43.4 Å². The predicted molar refractivity (Wildman–Crippen MR) is 79.3 cm³/mol. The summed E-state index contributed by atoms with van der Waals surface area (Å²) in [5, 5.41) is 0.0374. The number of hydrogen-bond acceptors (Lipinski definition) is 4. The molecule has 0 unspecified atom stereocenters. The molecule has 0 fully saturated rings. The van der Waals surface area contributed by atoms with Gasteiger partial charge in [0.25, 0.3) is 0 Å². The van der Waals surface area contributed by atoms with E-state index in [0.29, 0.717) is 12.8 Å². The lowest BCUT2D eigenvalue weighted by Crippen LogP contribution is -2.31. The maximum Gasteiger partial charge on any atom is 0.309 e. The third-order valence-electron chi connectivity index (χ3n) is 3.52. The number of ether oxygens (including phenoxy) is 1. The summed E-state index contributed by atoms with van der Waals surface area (Å²) >= 11 is 1.21. The van der Waals surface area contributed by atoms with Crippen molar-refractivity contribution in [3.63, 3.8) is 0 Å². The molecule has 106 valence electrons.